The second kappa shape index (κ2) is 8.58. The molecule has 2 aromatic carbocycles. The minimum atomic E-state index is -0.386. The SMILES string of the molecule is O=C(NCc1ccccc1)C1CCN(Cc2ccc([N+](=O)[O-])cc2)CC1. The van der Waals surface area contributed by atoms with E-state index < -0.39 is 0 Å². The third kappa shape index (κ3) is 4.89. The summed E-state index contributed by atoms with van der Waals surface area (Å²) in [4.78, 5) is 25.0. The zero-order valence-electron chi connectivity index (χ0n) is 14.6. The Morgan fingerprint density at radius 1 is 1.04 bits per heavy atom. The van der Waals surface area contributed by atoms with Gasteiger partial charge in [-0.2, -0.15) is 0 Å². The highest BCUT2D eigenvalue weighted by molar-refractivity contribution is 5.78. The molecule has 0 aliphatic carbocycles. The molecule has 6 nitrogen and oxygen atoms in total. The van der Waals surface area contributed by atoms with Crippen molar-refractivity contribution in [3.05, 3.63) is 75.8 Å². The van der Waals surface area contributed by atoms with Gasteiger partial charge in [-0.3, -0.25) is 19.8 Å². The third-order valence-electron chi connectivity index (χ3n) is 4.82. The highest BCUT2D eigenvalue weighted by Gasteiger charge is 2.24. The Morgan fingerprint density at radius 3 is 2.31 bits per heavy atom. The van der Waals surface area contributed by atoms with Crippen molar-refractivity contribution in [2.24, 2.45) is 5.92 Å². The van der Waals surface area contributed by atoms with Gasteiger partial charge in [0.1, 0.15) is 0 Å². The van der Waals surface area contributed by atoms with Gasteiger partial charge in [0.15, 0.2) is 0 Å². The van der Waals surface area contributed by atoms with Crippen LogP contribution in [0, 0.1) is 16.0 Å². The first-order valence-corrected chi connectivity index (χ1v) is 8.89. The van der Waals surface area contributed by atoms with Crippen molar-refractivity contribution in [1.29, 1.82) is 0 Å². The number of benzene rings is 2. The maximum Gasteiger partial charge on any atom is 0.269 e. The molecule has 1 saturated heterocycles. The fraction of sp³-hybridized carbons (Fsp3) is 0.350. The highest BCUT2D eigenvalue weighted by Crippen LogP contribution is 2.20. The summed E-state index contributed by atoms with van der Waals surface area (Å²) in [6.45, 7) is 3.06. The highest BCUT2D eigenvalue weighted by atomic mass is 16.6. The van der Waals surface area contributed by atoms with E-state index in [0.717, 1.165) is 43.6 Å². The number of nitro groups is 1. The molecule has 1 heterocycles. The molecule has 0 radical (unpaired) electrons. The van der Waals surface area contributed by atoms with Gasteiger partial charge in [0, 0.05) is 31.1 Å². The van der Waals surface area contributed by atoms with E-state index in [0.29, 0.717) is 6.54 Å². The van der Waals surface area contributed by atoms with Gasteiger partial charge in [-0.1, -0.05) is 42.5 Å². The quantitative estimate of drug-likeness (QED) is 0.639. The lowest BCUT2D eigenvalue weighted by Crippen LogP contribution is -2.40. The zero-order valence-corrected chi connectivity index (χ0v) is 14.6. The maximum atomic E-state index is 12.3. The summed E-state index contributed by atoms with van der Waals surface area (Å²) in [5.74, 6) is 0.190. The van der Waals surface area contributed by atoms with Gasteiger partial charge in [-0.25, -0.2) is 0 Å². The minimum Gasteiger partial charge on any atom is -0.352 e. The predicted molar refractivity (Wildman–Crippen MR) is 99.4 cm³/mol. The third-order valence-corrected chi connectivity index (χ3v) is 4.82. The minimum absolute atomic E-state index is 0.0619. The average molecular weight is 353 g/mol. The van der Waals surface area contributed by atoms with Crippen molar-refractivity contribution in [2.75, 3.05) is 13.1 Å². The van der Waals surface area contributed by atoms with Crippen LogP contribution in [0.3, 0.4) is 0 Å². The van der Waals surface area contributed by atoms with Gasteiger partial charge in [0.2, 0.25) is 5.91 Å². The van der Waals surface area contributed by atoms with Crippen molar-refractivity contribution in [2.45, 2.75) is 25.9 Å². The van der Waals surface area contributed by atoms with Gasteiger partial charge in [0.25, 0.3) is 5.69 Å². The molecule has 26 heavy (non-hydrogen) atoms. The van der Waals surface area contributed by atoms with Crippen LogP contribution in [0.1, 0.15) is 24.0 Å². The zero-order chi connectivity index (χ0) is 18.4. The van der Waals surface area contributed by atoms with Crippen LogP contribution in [-0.2, 0) is 17.9 Å². The average Bonchev–Trinajstić information content (AvgIpc) is 2.68. The lowest BCUT2D eigenvalue weighted by atomic mass is 9.95. The molecule has 136 valence electrons. The first-order valence-electron chi connectivity index (χ1n) is 8.89. The molecule has 0 atom stereocenters. The van der Waals surface area contributed by atoms with Crippen LogP contribution in [-0.4, -0.2) is 28.8 Å². The molecule has 0 spiro atoms. The molecule has 1 N–H and O–H groups in total. The van der Waals surface area contributed by atoms with E-state index in [2.05, 4.69) is 10.2 Å². The van der Waals surface area contributed by atoms with E-state index in [1.165, 1.54) is 0 Å². The molecule has 0 aromatic heterocycles. The van der Waals surface area contributed by atoms with Crippen LogP contribution in [0.2, 0.25) is 0 Å². The van der Waals surface area contributed by atoms with E-state index in [9.17, 15) is 14.9 Å². The van der Waals surface area contributed by atoms with E-state index in [1.54, 1.807) is 24.3 Å². The Bertz CT molecular complexity index is 739. The molecule has 2 aromatic rings. The summed E-state index contributed by atoms with van der Waals surface area (Å²) < 4.78 is 0. The number of hydrogen-bond donors (Lipinski definition) is 1. The van der Waals surface area contributed by atoms with E-state index in [4.69, 9.17) is 0 Å². The number of nitro benzene ring substituents is 1. The fourth-order valence-electron chi connectivity index (χ4n) is 3.26. The molecular formula is C20H23N3O3. The Kier molecular flexibility index (Phi) is 5.96. The lowest BCUT2D eigenvalue weighted by molar-refractivity contribution is -0.384. The number of nitrogens with zero attached hydrogens (tertiary/aromatic N) is 2. The summed E-state index contributed by atoms with van der Waals surface area (Å²) in [7, 11) is 0. The van der Waals surface area contributed by atoms with Gasteiger partial charge in [-0.05, 0) is 37.1 Å². The summed E-state index contributed by atoms with van der Waals surface area (Å²) >= 11 is 0. The van der Waals surface area contributed by atoms with E-state index in [-0.39, 0.29) is 22.4 Å². The molecule has 1 amide bonds. The van der Waals surface area contributed by atoms with E-state index in [1.807, 2.05) is 30.3 Å². The number of hydrogen-bond acceptors (Lipinski definition) is 4. The van der Waals surface area contributed by atoms with Crippen LogP contribution in [0.4, 0.5) is 5.69 Å². The second-order valence-corrected chi connectivity index (χ2v) is 6.68. The van der Waals surface area contributed by atoms with Gasteiger partial charge in [0.05, 0.1) is 4.92 Å². The molecule has 1 aliphatic rings. The molecule has 3 rings (SSSR count). The molecule has 0 saturated carbocycles. The van der Waals surface area contributed by atoms with Crippen LogP contribution in [0.5, 0.6) is 0 Å². The monoisotopic (exact) mass is 353 g/mol. The number of piperidine rings is 1. The predicted octanol–water partition coefficient (Wildman–Crippen LogP) is 3.12. The molecule has 0 bridgehead atoms. The van der Waals surface area contributed by atoms with Crippen LogP contribution < -0.4 is 5.32 Å². The van der Waals surface area contributed by atoms with Gasteiger partial charge < -0.3 is 5.32 Å². The van der Waals surface area contributed by atoms with Crippen LogP contribution in [0.15, 0.2) is 54.6 Å². The normalized spacial score (nSPS) is 15.5. The summed E-state index contributed by atoms with van der Waals surface area (Å²) in [5.41, 5.74) is 2.28. The van der Waals surface area contributed by atoms with Gasteiger partial charge >= 0.3 is 0 Å². The summed E-state index contributed by atoms with van der Waals surface area (Å²) in [6.07, 6.45) is 1.68. The lowest BCUT2D eigenvalue weighted by Gasteiger charge is -2.31. The Hall–Kier alpha value is -2.73. The Labute approximate surface area is 153 Å². The second-order valence-electron chi connectivity index (χ2n) is 6.68. The van der Waals surface area contributed by atoms with Gasteiger partial charge in [-0.15, -0.1) is 0 Å². The smallest absolute Gasteiger partial charge is 0.269 e. The number of non-ortho nitro benzene ring substituents is 1. The number of nitrogens with one attached hydrogen (secondary N) is 1. The Morgan fingerprint density at radius 2 is 1.69 bits per heavy atom. The first kappa shape index (κ1) is 18.1. The number of carbonyl (C=O) groups is 1. The first-order chi connectivity index (χ1) is 12.6. The maximum absolute atomic E-state index is 12.3. The molecule has 1 fully saturated rings. The number of carbonyl (C=O) groups excluding carboxylic acids is 1. The molecular weight excluding hydrogens is 330 g/mol. The van der Waals surface area contributed by atoms with E-state index >= 15 is 0 Å². The van der Waals surface area contributed by atoms with Crippen molar-refractivity contribution in [1.82, 2.24) is 10.2 Å². The van der Waals surface area contributed by atoms with Crippen LogP contribution >= 0.6 is 0 Å². The molecule has 6 heteroatoms. The largest absolute Gasteiger partial charge is 0.352 e. The van der Waals surface area contributed by atoms with Crippen LogP contribution in [0.25, 0.3) is 0 Å². The molecule has 0 unspecified atom stereocenters. The summed E-state index contributed by atoms with van der Waals surface area (Å²) in [6, 6.07) is 16.6. The fourth-order valence-corrected chi connectivity index (χ4v) is 3.26. The number of amides is 1. The summed E-state index contributed by atoms with van der Waals surface area (Å²) in [5, 5.41) is 13.7. The number of likely N-dealkylation sites (tertiary alicyclic amines) is 1. The number of rotatable bonds is 6. The Balaban J connectivity index is 1.43. The standard InChI is InChI=1S/C20H23N3O3/c24-20(21-14-16-4-2-1-3-5-16)18-10-12-22(13-11-18)15-17-6-8-19(9-7-17)23(25)26/h1-9,18H,10-15H2,(H,21,24). The topological polar surface area (TPSA) is 75.5 Å². The van der Waals surface area contributed by atoms with Crippen molar-refractivity contribution >= 4 is 11.6 Å². The van der Waals surface area contributed by atoms with Crippen molar-refractivity contribution in [3.8, 4) is 0 Å². The molecule has 1 aliphatic heterocycles. The van der Waals surface area contributed by atoms with Crippen molar-refractivity contribution in [3.63, 3.8) is 0 Å². The van der Waals surface area contributed by atoms with Crippen molar-refractivity contribution < 1.29 is 9.72 Å².